The summed E-state index contributed by atoms with van der Waals surface area (Å²) >= 11 is 0. The summed E-state index contributed by atoms with van der Waals surface area (Å²) in [6.07, 6.45) is 1.60. The third kappa shape index (κ3) is 6.56. The molecule has 5 aromatic rings. The normalized spacial score (nSPS) is 10.8. The average molecular weight is 516 g/mol. The Kier molecular flexibility index (Phi) is 8.04. The van der Waals surface area contributed by atoms with Crippen molar-refractivity contribution in [2.45, 2.75) is 6.61 Å². The van der Waals surface area contributed by atoms with Crippen molar-refractivity contribution in [1.82, 2.24) is 5.43 Å². The Balaban J connectivity index is 1.25. The number of carbonyl (C=O) groups is 1. The SMILES string of the molecule is O=C(NN=Cc1ccc(N(c2ccccc2)c2ccccc2)cc1)c1ccccc1OCc1ccc(F)cc1. The van der Waals surface area contributed by atoms with Gasteiger partial charge in [0.05, 0.1) is 11.8 Å². The van der Waals surface area contributed by atoms with E-state index in [4.69, 9.17) is 4.74 Å². The number of nitrogens with one attached hydrogen (secondary N) is 1. The summed E-state index contributed by atoms with van der Waals surface area (Å²) in [4.78, 5) is 15.0. The molecule has 192 valence electrons. The predicted octanol–water partition coefficient (Wildman–Crippen LogP) is 7.64. The zero-order valence-electron chi connectivity index (χ0n) is 21.1. The maximum Gasteiger partial charge on any atom is 0.275 e. The Morgan fingerprint density at radius 2 is 1.28 bits per heavy atom. The zero-order chi connectivity index (χ0) is 26.9. The van der Waals surface area contributed by atoms with E-state index in [-0.39, 0.29) is 12.4 Å². The van der Waals surface area contributed by atoms with Crippen molar-refractivity contribution in [2.75, 3.05) is 4.90 Å². The molecule has 1 amide bonds. The molecule has 1 N–H and O–H groups in total. The molecular weight excluding hydrogens is 489 g/mol. The van der Waals surface area contributed by atoms with Gasteiger partial charge in [0, 0.05) is 17.1 Å². The molecule has 0 aliphatic rings. The van der Waals surface area contributed by atoms with Gasteiger partial charge in [-0.2, -0.15) is 5.10 Å². The Morgan fingerprint density at radius 1 is 0.718 bits per heavy atom. The molecule has 0 saturated carbocycles. The highest BCUT2D eigenvalue weighted by molar-refractivity contribution is 5.97. The van der Waals surface area contributed by atoms with Crippen LogP contribution in [0, 0.1) is 5.82 Å². The number of amides is 1. The lowest BCUT2D eigenvalue weighted by molar-refractivity contribution is 0.0950. The number of nitrogens with zero attached hydrogens (tertiary/aromatic N) is 2. The molecule has 0 aromatic heterocycles. The van der Waals surface area contributed by atoms with Crippen molar-refractivity contribution in [1.29, 1.82) is 0 Å². The van der Waals surface area contributed by atoms with Gasteiger partial charge >= 0.3 is 0 Å². The lowest BCUT2D eigenvalue weighted by Gasteiger charge is -2.25. The molecule has 0 saturated heterocycles. The van der Waals surface area contributed by atoms with Crippen LogP contribution in [0.2, 0.25) is 0 Å². The minimum absolute atomic E-state index is 0.211. The molecule has 0 fully saturated rings. The average Bonchev–Trinajstić information content (AvgIpc) is 2.99. The van der Waals surface area contributed by atoms with Crippen molar-refractivity contribution < 1.29 is 13.9 Å². The molecule has 0 aliphatic carbocycles. The van der Waals surface area contributed by atoms with Crippen LogP contribution >= 0.6 is 0 Å². The van der Waals surface area contributed by atoms with Crippen molar-refractivity contribution in [3.05, 3.63) is 156 Å². The molecule has 0 bridgehead atoms. The van der Waals surface area contributed by atoms with E-state index in [9.17, 15) is 9.18 Å². The van der Waals surface area contributed by atoms with Crippen molar-refractivity contribution in [3.63, 3.8) is 0 Å². The van der Waals surface area contributed by atoms with E-state index in [1.807, 2.05) is 60.7 Å². The number of rotatable bonds is 9. The molecule has 39 heavy (non-hydrogen) atoms. The van der Waals surface area contributed by atoms with Gasteiger partial charge in [-0.15, -0.1) is 0 Å². The zero-order valence-corrected chi connectivity index (χ0v) is 21.1. The minimum Gasteiger partial charge on any atom is -0.488 e. The van der Waals surface area contributed by atoms with Gasteiger partial charge in [0.15, 0.2) is 0 Å². The predicted molar refractivity (Wildman–Crippen MR) is 153 cm³/mol. The van der Waals surface area contributed by atoms with Gasteiger partial charge in [-0.25, -0.2) is 9.82 Å². The first-order valence-electron chi connectivity index (χ1n) is 12.5. The van der Waals surface area contributed by atoms with Crippen LogP contribution in [0.4, 0.5) is 21.5 Å². The van der Waals surface area contributed by atoms with Gasteiger partial charge in [0.25, 0.3) is 5.91 Å². The number of hydrogen-bond donors (Lipinski definition) is 1. The van der Waals surface area contributed by atoms with Crippen molar-refractivity contribution in [2.24, 2.45) is 5.10 Å². The number of para-hydroxylation sites is 3. The number of anilines is 3. The first-order valence-corrected chi connectivity index (χ1v) is 12.5. The van der Waals surface area contributed by atoms with E-state index in [0.717, 1.165) is 28.2 Å². The summed E-state index contributed by atoms with van der Waals surface area (Å²) in [5.41, 5.74) is 7.67. The quantitative estimate of drug-likeness (QED) is 0.162. The number of halogens is 1. The van der Waals surface area contributed by atoms with Crippen molar-refractivity contribution in [3.8, 4) is 5.75 Å². The fraction of sp³-hybridized carbons (Fsp3) is 0.0303. The number of benzene rings is 5. The number of carbonyl (C=O) groups excluding carboxylic acids is 1. The second kappa shape index (κ2) is 12.3. The molecule has 6 heteroatoms. The minimum atomic E-state index is -0.392. The Morgan fingerprint density at radius 3 is 1.92 bits per heavy atom. The van der Waals surface area contributed by atoms with Crippen LogP contribution < -0.4 is 15.1 Å². The fourth-order valence-corrected chi connectivity index (χ4v) is 4.06. The lowest BCUT2D eigenvalue weighted by atomic mass is 10.1. The van der Waals surface area contributed by atoms with Gasteiger partial charge in [-0.3, -0.25) is 4.79 Å². The van der Waals surface area contributed by atoms with Gasteiger partial charge in [0.1, 0.15) is 18.2 Å². The van der Waals surface area contributed by atoms with Crippen molar-refractivity contribution >= 4 is 29.2 Å². The molecule has 0 heterocycles. The molecular formula is C33H26FN3O2. The molecule has 5 nitrogen and oxygen atoms in total. The number of hydrazone groups is 1. The molecule has 5 aromatic carbocycles. The van der Waals surface area contributed by atoms with Crippen LogP contribution in [0.25, 0.3) is 0 Å². The molecule has 0 spiro atoms. The summed E-state index contributed by atoms with van der Waals surface area (Å²) in [5.74, 6) is -0.284. The molecule has 5 rings (SSSR count). The third-order valence-corrected chi connectivity index (χ3v) is 6.00. The lowest BCUT2D eigenvalue weighted by Crippen LogP contribution is -2.18. The van der Waals surface area contributed by atoms with Crippen LogP contribution in [-0.4, -0.2) is 12.1 Å². The highest BCUT2D eigenvalue weighted by atomic mass is 19.1. The fourth-order valence-electron chi connectivity index (χ4n) is 4.06. The summed E-state index contributed by atoms with van der Waals surface area (Å²) in [5, 5.41) is 4.14. The largest absolute Gasteiger partial charge is 0.488 e. The molecule has 0 radical (unpaired) electrons. The summed E-state index contributed by atoms with van der Waals surface area (Å²) in [6.45, 7) is 0.211. The van der Waals surface area contributed by atoms with Crippen LogP contribution in [0.15, 0.2) is 139 Å². The summed E-state index contributed by atoms with van der Waals surface area (Å²) < 4.78 is 19.0. The Hall–Kier alpha value is -5.23. The third-order valence-electron chi connectivity index (χ3n) is 6.00. The van der Waals surface area contributed by atoms with Gasteiger partial charge in [0.2, 0.25) is 0 Å². The highest BCUT2D eigenvalue weighted by Gasteiger charge is 2.13. The van der Waals surface area contributed by atoms with Crippen LogP contribution in [-0.2, 0) is 6.61 Å². The van der Waals surface area contributed by atoms with E-state index in [1.54, 1.807) is 42.6 Å². The Labute approximate surface area is 226 Å². The smallest absolute Gasteiger partial charge is 0.275 e. The van der Waals surface area contributed by atoms with Crippen LogP contribution in [0.3, 0.4) is 0 Å². The first-order chi connectivity index (χ1) is 19.2. The van der Waals surface area contributed by atoms with Gasteiger partial charge < -0.3 is 9.64 Å². The topological polar surface area (TPSA) is 53.9 Å². The van der Waals surface area contributed by atoms with Gasteiger partial charge in [-0.1, -0.05) is 72.8 Å². The maximum atomic E-state index is 13.1. The number of hydrogen-bond acceptors (Lipinski definition) is 4. The standard InChI is InChI=1S/C33H26FN3O2/c34-27-19-15-26(16-20-27)24-39-32-14-8-7-13-31(32)33(38)36-35-23-25-17-21-30(22-18-25)37(28-9-3-1-4-10-28)29-11-5-2-6-12-29/h1-23H,24H2,(H,36,38). The summed E-state index contributed by atoms with van der Waals surface area (Å²) in [6, 6.07) is 41.2. The molecule has 0 aliphatic heterocycles. The van der Waals surface area contributed by atoms with Crippen LogP contribution in [0.1, 0.15) is 21.5 Å². The Bertz CT molecular complexity index is 1500. The number of ether oxygens (including phenoxy) is 1. The monoisotopic (exact) mass is 515 g/mol. The van der Waals surface area contributed by atoms with Gasteiger partial charge in [-0.05, 0) is 71.8 Å². The van der Waals surface area contributed by atoms with E-state index < -0.39 is 5.91 Å². The van der Waals surface area contributed by atoms with E-state index in [0.29, 0.717) is 11.3 Å². The van der Waals surface area contributed by atoms with E-state index in [2.05, 4.69) is 39.7 Å². The highest BCUT2D eigenvalue weighted by Crippen LogP contribution is 2.33. The molecule has 0 unspecified atom stereocenters. The second-order valence-electron chi connectivity index (χ2n) is 8.71. The second-order valence-corrected chi connectivity index (χ2v) is 8.71. The maximum absolute atomic E-state index is 13.1. The van der Waals surface area contributed by atoms with Crippen LogP contribution in [0.5, 0.6) is 5.75 Å². The molecule has 0 atom stereocenters. The summed E-state index contributed by atoms with van der Waals surface area (Å²) in [7, 11) is 0. The van der Waals surface area contributed by atoms with E-state index in [1.165, 1.54) is 12.1 Å². The first kappa shape index (κ1) is 25.4. The van der Waals surface area contributed by atoms with E-state index >= 15 is 0 Å².